The number of halogens is 1. The van der Waals surface area contributed by atoms with Crippen LogP contribution in [0.15, 0.2) is 42.5 Å². The minimum absolute atomic E-state index is 0.117. The number of rotatable bonds is 3. The van der Waals surface area contributed by atoms with Crippen molar-refractivity contribution in [2.75, 3.05) is 0 Å². The van der Waals surface area contributed by atoms with Gasteiger partial charge in [0.2, 0.25) is 0 Å². The molecule has 1 atom stereocenters. The molecule has 0 spiro atoms. The van der Waals surface area contributed by atoms with E-state index in [1.54, 1.807) is 30.3 Å². The Bertz CT molecular complexity index is 615. The van der Waals surface area contributed by atoms with Crippen LogP contribution >= 0.6 is 0 Å². The highest BCUT2D eigenvalue weighted by atomic mass is 19.1. The number of aliphatic hydroxyl groups is 1. The summed E-state index contributed by atoms with van der Waals surface area (Å²) >= 11 is 0. The third kappa shape index (κ3) is 2.90. The molecular formula is C15H12FNO2. The topological polar surface area (TPSA) is 53.2 Å². The first-order valence-corrected chi connectivity index (χ1v) is 5.76. The number of benzene rings is 2. The molecule has 2 rings (SSSR count). The van der Waals surface area contributed by atoms with Gasteiger partial charge < -0.3 is 9.84 Å². The van der Waals surface area contributed by atoms with Gasteiger partial charge in [0.15, 0.2) is 0 Å². The van der Waals surface area contributed by atoms with Crippen LogP contribution in [0.4, 0.5) is 4.39 Å². The normalized spacial score (nSPS) is 11.7. The molecule has 2 aromatic rings. The molecule has 0 saturated heterocycles. The molecule has 19 heavy (non-hydrogen) atoms. The Morgan fingerprint density at radius 2 is 1.89 bits per heavy atom. The molecule has 0 bridgehead atoms. The smallest absolute Gasteiger partial charge is 0.136 e. The number of ether oxygens (including phenoxy) is 1. The quantitative estimate of drug-likeness (QED) is 0.914. The summed E-state index contributed by atoms with van der Waals surface area (Å²) in [7, 11) is 0. The second kappa shape index (κ2) is 5.51. The van der Waals surface area contributed by atoms with E-state index in [9.17, 15) is 9.50 Å². The minimum atomic E-state index is -0.963. The lowest BCUT2D eigenvalue weighted by molar-refractivity contribution is 0.190. The number of nitrogens with zero attached hydrogens (tertiary/aromatic N) is 1. The molecule has 2 aromatic carbocycles. The fourth-order valence-electron chi connectivity index (χ4n) is 1.74. The van der Waals surface area contributed by atoms with E-state index in [1.165, 1.54) is 19.1 Å². The van der Waals surface area contributed by atoms with E-state index < -0.39 is 11.9 Å². The number of aliphatic hydroxyl groups excluding tert-OH is 1. The average Bonchev–Trinajstić information content (AvgIpc) is 2.39. The van der Waals surface area contributed by atoms with Crippen LogP contribution in [0, 0.1) is 17.1 Å². The molecule has 0 radical (unpaired) electrons. The van der Waals surface area contributed by atoms with Crippen LogP contribution in [0.3, 0.4) is 0 Å². The van der Waals surface area contributed by atoms with E-state index in [2.05, 4.69) is 0 Å². The number of hydrogen-bond donors (Lipinski definition) is 1. The van der Waals surface area contributed by atoms with E-state index in [1.807, 2.05) is 6.07 Å². The SMILES string of the molecule is CC(O)c1c(F)cccc1Oc1ccc(C#N)cc1. The maximum atomic E-state index is 13.6. The zero-order valence-electron chi connectivity index (χ0n) is 10.3. The molecule has 0 heterocycles. The summed E-state index contributed by atoms with van der Waals surface area (Å²) in [4.78, 5) is 0. The predicted molar refractivity (Wildman–Crippen MR) is 68.3 cm³/mol. The third-order valence-electron chi connectivity index (χ3n) is 2.64. The van der Waals surface area contributed by atoms with Crippen LogP contribution in [0.1, 0.15) is 24.2 Å². The summed E-state index contributed by atoms with van der Waals surface area (Å²) in [5, 5.41) is 18.3. The largest absolute Gasteiger partial charge is 0.457 e. The maximum absolute atomic E-state index is 13.6. The second-order valence-electron chi connectivity index (χ2n) is 4.07. The lowest BCUT2D eigenvalue weighted by Crippen LogP contribution is -1.99. The van der Waals surface area contributed by atoms with Gasteiger partial charge >= 0.3 is 0 Å². The highest BCUT2D eigenvalue weighted by Crippen LogP contribution is 2.31. The molecule has 3 nitrogen and oxygen atoms in total. The van der Waals surface area contributed by atoms with Gasteiger partial charge in [-0.2, -0.15) is 5.26 Å². The van der Waals surface area contributed by atoms with Gasteiger partial charge in [-0.15, -0.1) is 0 Å². The summed E-state index contributed by atoms with van der Waals surface area (Å²) in [6.07, 6.45) is -0.963. The average molecular weight is 257 g/mol. The Kier molecular flexibility index (Phi) is 3.79. The van der Waals surface area contributed by atoms with Crippen LogP contribution in [0.25, 0.3) is 0 Å². The van der Waals surface area contributed by atoms with Gasteiger partial charge in [0.05, 0.1) is 23.3 Å². The van der Waals surface area contributed by atoms with Crippen molar-refractivity contribution in [1.82, 2.24) is 0 Å². The molecule has 0 fully saturated rings. The first-order chi connectivity index (χ1) is 9.11. The molecule has 4 heteroatoms. The highest BCUT2D eigenvalue weighted by Gasteiger charge is 2.15. The molecular weight excluding hydrogens is 245 g/mol. The van der Waals surface area contributed by atoms with Crippen molar-refractivity contribution in [3.63, 3.8) is 0 Å². The molecule has 96 valence electrons. The molecule has 0 aliphatic heterocycles. The Balaban J connectivity index is 2.33. The number of hydrogen-bond acceptors (Lipinski definition) is 3. The lowest BCUT2D eigenvalue weighted by Gasteiger charge is -2.13. The Morgan fingerprint density at radius 3 is 2.47 bits per heavy atom. The third-order valence-corrected chi connectivity index (χ3v) is 2.64. The van der Waals surface area contributed by atoms with Crippen LogP contribution in [0.2, 0.25) is 0 Å². The fourth-order valence-corrected chi connectivity index (χ4v) is 1.74. The van der Waals surface area contributed by atoms with Crippen molar-refractivity contribution in [2.24, 2.45) is 0 Å². The van der Waals surface area contributed by atoms with Crippen molar-refractivity contribution in [3.05, 3.63) is 59.4 Å². The Morgan fingerprint density at radius 1 is 1.21 bits per heavy atom. The second-order valence-corrected chi connectivity index (χ2v) is 4.07. The first-order valence-electron chi connectivity index (χ1n) is 5.76. The Hall–Kier alpha value is -2.38. The maximum Gasteiger partial charge on any atom is 0.136 e. The summed E-state index contributed by atoms with van der Waals surface area (Å²) in [5.74, 6) is 0.229. The summed E-state index contributed by atoms with van der Waals surface area (Å²) < 4.78 is 19.2. The zero-order valence-corrected chi connectivity index (χ0v) is 10.3. The van der Waals surface area contributed by atoms with Gasteiger partial charge in [-0.25, -0.2) is 4.39 Å². The molecule has 0 aromatic heterocycles. The van der Waals surface area contributed by atoms with Crippen molar-refractivity contribution in [1.29, 1.82) is 5.26 Å². The summed E-state index contributed by atoms with van der Waals surface area (Å²) in [6, 6.07) is 12.8. The lowest BCUT2D eigenvalue weighted by atomic mass is 10.1. The van der Waals surface area contributed by atoms with Crippen LogP contribution in [0.5, 0.6) is 11.5 Å². The molecule has 0 aliphatic carbocycles. The van der Waals surface area contributed by atoms with E-state index in [0.29, 0.717) is 11.3 Å². The van der Waals surface area contributed by atoms with Crippen LogP contribution < -0.4 is 4.74 Å². The van der Waals surface area contributed by atoms with Crippen molar-refractivity contribution in [3.8, 4) is 17.6 Å². The van der Waals surface area contributed by atoms with Gasteiger partial charge in [-0.05, 0) is 43.3 Å². The van der Waals surface area contributed by atoms with Gasteiger partial charge in [0, 0.05) is 0 Å². The molecule has 0 aliphatic rings. The Labute approximate surface area is 110 Å². The van der Waals surface area contributed by atoms with E-state index in [-0.39, 0.29) is 11.3 Å². The predicted octanol–water partition coefficient (Wildman–Crippen LogP) is 3.54. The van der Waals surface area contributed by atoms with Gasteiger partial charge in [-0.1, -0.05) is 6.07 Å². The number of nitriles is 1. The van der Waals surface area contributed by atoms with E-state index >= 15 is 0 Å². The fraction of sp³-hybridized carbons (Fsp3) is 0.133. The van der Waals surface area contributed by atoms with Crippen molar-refractivity contribution < 1.29 is 14.2 Å². The van der Waals surface area contributed by atoms with Gasteiger partial charge in [0.1, 0.15) is 17.3 Å². The molecule has 0 amide bonds. The van der Waals surface area contributed by atoms with Crippen LogP contribution in [-0.2, 0) is 0 Å². The van der Waals surface area contributed by atoms with Crippen LogP contribution in [-0.4, -0.2) is 5.11 Å². The van der Waals surface area contributed by atoms with Crippen molar-refractivity contribution >= 4 is 0 Å². The summed E-state index contributed by atoms with van der Waals surface area (Å²) in [5.41, 5.74) is 0.634. The zero-order chi connectivity index (χ0) is 13.8. The minimum Gasteiger partial charge on any atom is -0.457 e. The summed E-state index contributed by atoms with van der Waals surface area (Å²) in [6.45, 7) is 1.48. The first kappa shape index (κ1) is 13.1. The van der Waals surface area contributed by atoms with Gasteiger partial charge in [0.25, 0.3) is 0 Å². The molecule has 1 N–H and O–H groups in total. The van der Waals surface area contributed by atoms with E-state index in [4.69, 9.17) is 10.00 Å². The monoisotopic (exact) mass is 257 g/mol. The highest BCUT2D eigenvalue weighted by molar-refractivity contribution is 5.41. The van der Waals surface area contributed by atoms with Crippen molar-refractivity contribution in [2.45, 2.75) is 13.0 Å². The van der Waals surface area contributed by atoms with Gasteiger partial charge in [-0.3, -0.25) is 0 Å². The standard InChI is InChI=1S/C15H12FNO2/c1-10(18)15-13(16)3-2-4-14(15)19-12-7-5-11(9-17)6-8-12/h2-8,10,18H,1H3. The molecule has 0 saturated carbocycles. The molecule has 1 unspecified atom stereocenters. The van der Waals surface area contributed by atoms with E-state index in [0.717, 1.165) is 0 Å².